The van der Waals surface area contributed by atoms with Crippen molar-refractivity contribution in [2.24, 2.45) is 5.92 Å². The summed E-state index contributed by atoms with van der Waals surface area (Å²) in [6.45, 7) is 1.52. The fourth-order valence-electron chi connectivity index (χ4n) is 5.42. The number of pyridine rings is 1. The first-order valence-electron chi connectivity index (χ1n) is 11.4. The van der Waals surface area contributed by atoms with E-state index < -0.39 is 18.1 Å². The van der Waals surface area contributed by atoms with Gasteiger partial charge in [0.2, 0.25) is 11.8 Å². The molecular weight excluding hydrogens is 484 g/mol. The van der Waals surface area contributed by atoms with Crippen LogP contribution in [0.1, 0.15) is 24.8 Å². The molecule has 8 nitrogen and oxygen atoms in total. The Morgan fingerprint density at radius 2 is 1.94 bits per heavy atom. The summed E-state index contributed by atoms with van der Waals surface area (Å²) in [6.07, 6.45) is -0.597. The van der Waals surface area contributed by atoms with Crippen LogP contribution in [0.3, 0.4) is 0 Å². The van der Waals surface area contributed by atoms with Gasteiger partial charge in [-0.3, -0.25) is 4.57 Å². The number of alkyl halides is 3. The third kappa shape index (κ3) is 4.10. The van der Waals surface area contributed by atoms with Gasteiger partial charge >= 0.3 is 12.1 Å². The standard InChI is InChI=1S/C24H20F4N4O4/c25-17-7-14(1-2-18(17)35-16-3-5-29-19(8-16)36-24(26,27)28)13-34-20-9-21-31(22(33)30-20)6-4-23-10-15(11-23)12-32(21)23/h1-3,5,7-9,15H,4,6,10-13H2. The lowest BCUT2D eigenvalue weighted by molar-refractivity contribution is -0.276. The third-order valence-electron chi connectivity index (χ3n) is 6.93. The average Bonchev–Trinajstić information content (AvgIpc) is 3.35. The monoisotopic (exact) mass is 504 g/mol. The molecule has 2 aromatic heterocycles. The zero-order chi connectivity index (χ0) is 25.1. The topological polar surface area (TPSA) is 78.7 Å². The molecule has 0 atom stereocenters. The van der Waals surface area contributed by atoms with E-state index in [9.17, 15) is 22.4 Å². The number of halogens is 4. The molecule has 7 rings (SSSR count). The van der Waals surface area contributed by atoms with Gasteiger partial charge in [0.05, 0.1) is 0 Å². The predicted octanol–water partition coefficient (Wildman–Crippen LogP) is 4.42. The Hall–Kier alpha value is -3.83. The summed E-state index contributed by atoms with van der Waals surface area (Å²) in [7, 11) is 0. The second kappa shape index (κ2) is 8.10. The van der Waals surface area contributed by atoms with E-state index in [1.54, 1.807) is 16.7 Å². The highest BCUT2D eigenvalue weighted by molar-refractivity contribution is 5.52. The van der Waals surface area contributed by atoms with Crippen LogP contribution in [0, 0.1) is 11.7 Å². The molecule has 1 aromatic carbocycles. The Bertz CT molecular complexity index is 1390. The van der Waals surface area contributed by atoms with Crippen molar-refractivity contribution in [3.05, 3.63) is 64.5 Å². The molecule has 3 fully saturated rings. The molecule has 1 saturated carbocycles. The second-order valence-electron chi connectivity index (χ2n) is 9.28. The van der Waals surface area contributed by atoms with Crippen LogP contribution in [0.15, 0.2) is 47.4 Å². The van der Waals surface area contributed by atoms with Gasteiger partial charge in [-0.15, -0.1) is 13.2 Å². The summed E-state index contributed by atoms with van der Waals surface area (Å²) in [6, 6.07) is 7.99. The Morgan fingerprint density at radius 1 is 1.11 bits per heavy atom. The van der Waals surface area contributed by atoms with E-state index in [4.69, 9.17) is 9.47 Å². The number of hydrogen-bond acceptors (Lipinski definition) is 7. The van der Waals surface area contributed by atoms with Crippen molar-refractivity contribution in [2.75, 3.05) is 11.4 Å². The van der Waals surface area contributed by atoms with Crippen LogP contribution in [0.25, 0.3) is 0 Å². The predicted molar refractivity (Wildman–Crippen MR) is 118 cm³/mol. The van der Waals surface area contributed by atoms with E-state index in [0.29, 0.717) is 18.0 Å². The van der Waals surface area contributed by atoms with Crippen LogP contribution in [-0.2, 0) is 13.2 Å². The number of ether oxygens (including phenoxy) is 3. The van der Waals surface area contributed by atoms with Gasteiger partial charge in [0.15, 0.2) is 11.6 Å². The molecule has 4 aliphatic rings. The van der Waals surface area contributed by atoms with E-state index in [1.165, 1.54) is 18.2 Å². The van der Waals surface area contributed by atoms with Crippen molar-refractivity contribution in [1.82, 2.24) is 14.5 Å². The average molecular weight is 504 g/mol. The summed E-state index contributed by atoms with van der Waals surface area (Å²) >= 11 is 0. The highest BCUT2D eigenvalue weighted by Crippen LogP contribution is 2.56. The Balaban J connectivity index is 1.14. The second-order valence-corrected chi connectivity index (χ2v) is 9.28. The first-order valence-corrected chi connectivity index (χ1v) is 11.4. The van der Waals surface area contributed by atoms with Gasteiger partial charge in [-0.05, 0) is 48.9 Å². The lowest BCUT2D eigenvalue weighted by Gasteiger charge is -2.46. The summed E-state index contributed by atoms with van der Waals surface area (Å²) in [4.78, 5) is 22.3. The molecule has 0 radical (unpaired) electrons. The van der Waals surface area contributed by atoms with Gasteiger partial charge in [0.1, 0.15) is 18.2 Å². The Labute approximate surface area is 202 Å². The van der Waals surface area contributed by atoms with Crippen LogP contribution in [-0.4, -0.2) is 33.0 Å². The first kappa shape index (κ1) is 22.6. The quantitative estimate of drug-likeness (QED) is 0.460. The number of fused-ring (bicyclic) bond motifs is 1. The maximum Gasteiger partial charge on any atom is 0.574 e. The minimum absolute atomic E-state index is 0.0420. The zero-order valence-electron chi connectivity index (χ0n) is 18.8. The van der Waals surface area contributed by atoms with Crippen molar-refractivity contribution in [3.63, 3.8) is 0 Å². The maximum absolute atomic E-state index is 14.6. The van der Waals surface area contributed by atoms with E-state index in [0.717, 1.165) is 43.9 Å². The van der Waals surface area contributed by atoms with Gasteiger partial charge < -0.3 is 19.1 Å². The van der Waals surface area contributed by atoms with Crippen LogP contribution < -0.4 is 24.8 Å². The Kier molecular flexibility index (Phi) is 5.09. The minimum Gasteiger partial charge on any atom is -0.473 e. The number of hydrogen-bond donors (Lipinski definition) is 0. The molecule has 12 heteroatoms. The molecule has 0 amide bonds. The smallest absolute Gasteiger partial charge is 0.473 e. The van der Waals surface area contributed by atoms with E-state index in [-0.39, 0.29) is 35.2 Å². The normalized spacial score (nSPS) is 21.9. The van der Waals surface area contributed by atoms with Crippen molar-refractivity contribution in [1.29, 1.82) is 0 Å². The molecule has 3 aliphatic heterocycles. The van der Waals surface area contributed by atoms with Crippen molar-refractivity contribution >= 4 is 5.82 Å². The Morgan fingerprint density at radius 3 is 2.72 bits per heavy atom. The summed E-state index contributed by atoms with van der Waals surface area (Å²) in [5.41, 5.74) is 0.237. The summed E-state index contributed by atoms with van der Waals surface area (Å²) in [5, 5.41) is 0. The number of nitrogens with zero attached hydrogens (tertiary/aromatic N) is 4. The van der Waals surface area contributed by atoms with Crippen LogP contribution >= 0.6 is 0 Å². The fraction of sp³-hybridized carbons (Fsp3) is 0.375. The highest BCUT2D eigenvalue weighted by atomic mass is 19.4. The number of aromatic nitrogens is 3. The van der Waals surface area contributed by atoms with Gasteiger partial charge in [0.25, 0.3) is 0 Å². The zero-order valence-corrected chi connectivity index (χ0v) is 18.8. The molecule has 5 heterocycles. The van der Waals surface area contributed by atoms with Gasteiger partial charge in [-0.2, -0.15) is 4.98 Å². The van der Waals surface area contributed by atoms with Crippen LogP contribution in [0.4, 0.5) is 23.4 Å². The molecule has 2 saturated heterocycles. The molecule has 2 bridgehead atoms. The van der Waals surface area contributed by atoms with E-state index in [2.05, 4.69) is 19.6 Å². The molecule has 1 spiro atoms. The fourth-order valence-corrected chi connectivity index (χ4v) is 5.42. The van der Waals surface area contributed by atoms with Crippen LogP contribution in [0.5, 0.6) is 23.3 Å². The maximum atomic E-state index is 14.6. The molecule has 188 valence electrons. The number of anilines is 1. The molecule has 1 aliphatic carbocycles. The third-order valence-corrected chi connectivity index (χ3v) is 6.93. The highest BCUT2D eigenvalue weighted by Gasteiger charge is 2.57. The van der Waals surface area contributed by atoms with Crippen molar-refractivity contribution < 1.29 is 31.8 Å². The van der Waals surface area contributed by atoms with Crippen molar-refractivity contribution in [2.45, 2.75) is 44.3 Å². The van der Waals surface area contributed by atoms with Crippen molar-refractivity contribution in [3.8, 4) is 23.3 Å². The van der Waals surface area contributed by atoms with Gasteiger partial charge in [0, 0.05) is 37.0 Å². The van der Waals surface area contributed by atoms with Gasteiger partial charge in [-0.25, -0.2) is 14.2 Å². The summed E-state index contributed by atoms with van der Waals surface area (Å²) in [5.74, 6) is -0.0995. The SMILES string of the molecule is O=c1nc(OCc2ccc(Oc3ccnc(OC(F)(F)F)c3)c(F)c2)cc2n1CCC13CC(CN21)C3. The number of rotatable bonds is 6. The number of benzene rings is 1. The molecule has 0 N–H and O–H groups in total. The summed E-state index contributed by atoms with van der Waals surface area (Å²) < 4.78 is 68.3. The lowest BCUT2D eigenvalue weighted by atomic mass is 9.71. The minimum atomic E-state index is -4.91. The van der Waals surface area contributed by atoms with E-state index >= 15 is 0 Å². The van der Waals surface area contributed by atoms with Gasteiger partial charge in [-0.1, -0.05) is 6.07 Å². The van der Waals surface area contributed by atoms with E-state index in [1.807, 2.05) is 0 Å². The first-order chi connectivity index (χ1) is 17.2. The molecule has 3 aromatic rings. The molecule has 0 unspecified atom stereocenters. The molecule has 36 heavy (non-hydrogen) atoms. The van der Waals surface area contributed by atoms with Crippen LogP contribution in [0.2, 0.25) is 0 Å². The largest absolute Gasteiger partial charge is 0.574 e. The lowest BCUT2D eigenvalue weighted by Crippen LogP contribution is -2.52. The molecular formula is C24H20F4N4O4.